The molecule has 0 amide bonds. The molecular formula is C12H16N3O4. The molecule has 1 aliphatic rings. The van der Waals surface area contributed by atoms with Crippen LogP contribution in [0.25, 0.3) is 0 Å². The van der Waals surface area contributed by atoms with Crippen LogP contribution in [-0.4, -0.2) is 46.3 Å². The van der Waals surface area contributed by atoms with E-state index in [1.807, 2.05) is 0 Å². The molecule has 0 saturated carbocycles. The Morgan fingerprint density at radius 1 is 1.32 bits per heavy atom. The van der Waals surface area contributed by atoms with Crippen LogP contribution < -0.4 is 0 Å². The largest absolute Gasteiger partial charge is 0.618 e. The minimum atomic E-state index is -2.02. The Kier molecular flexibility index (Phi) is 3.31. The molecule has 7 heteroatoms. The van der Waals surface area contributed by atoms with Crippen molar-refractivity contribution in [3.63, 3.8) is 0 Å². The van der Waals surface area contributed by atoms with Gasteiger partial charge in [0.1, 0.15) is 11.2 Å². The lowest BCUT2D eigenvalue weighted by Crippen LogP contribution is -2.56. The van der Waals surface area contributed by atoms with E-state index >= 15 is 0 Å². The van der Waals surface area contributed by atoms with Crippen LogP contribution in [0.1, 0.15) is 19.5 Å². The molecule has 0 spiro atoms. The summed E-state index contributed by atoms with van der Waals surface area (Å²) in [6, 6.07) is 3.12. The second-order valence-corrected chi connectivity index (χ2v) is 4.67. The summed E-state index contributed by atoms with van der Waals surface area (Å²) in [4.78, 5) is 4.12. The summed E-state index contributed by atoms with van der Waals surface area (Å²) in [5.74, 6) is 0. The summed E-state index contributed by atoms with van der Waals surface area (Å²) < 4.78 is 10.5. The summed E-state index contributed by atoms with van der Waals surface area (Å²) >= 11 is 0. The fourth-order valence-electron chi connectivity index (χ4n) is 2.26. The van der Waals surface area contributed by atoms with Gasteiger partial charge in [0.2, 0.25) is 5.71 Å². The molecule has 1 aromatic rings. The first kappa shape index (κ1) is 13.9. The maximum absolute atomic E-state index is 12.5. The molecule has 0 N–H and O–H groups in total. The van der Waals surface area contributed by atoms with Crippen LogP contribution in [0.15, 0.2) is 24.4 Å². The van der Waals surface area contributed by atoms with E-state index in [1.54, 1.807) is 38.2 Å². The molecule has 0 aromatic carbocycles. The molecule has 0 unspecified atom stereocenters. The number of nitrogens with zero attached hydrogens (tertiary/aromatic N) is 3. The number of hydroxylamine groups is 3. The lowest BCUT2D eigenvalue weighted by Gasteiger charge is -2.29. The zero-order valence-electron chi connectivity index (χ0n) is 11.3. The molecule has 2 rings (SSSR count). The average molecular weight is 266 g/mol. The van der Waals surface area contributed by atoms with E-state index in [2.05, 4.69) is 4.98 Å². The quantitative estimate of drug-likeness (QED) is 0.457. The van der Waals surface area contributed by atoms with Gasteiger partial charge in [0.25, 0.3) is 0 Å². The van der Waals surface area contributed by atoms with Crippen molar-refractivity contribution < 1.29 is 19.4 Å². The standard InChI is InChI=1S/C12H16N3O4/c1-11(2)10(9-7-5-6-8-13-9)14(16)12(18-3,19-4)15(11)17/h5-8H,1-4H3. The van der Waals surface area contributed by atoms with Crippen LogP contribution in [0.3, 0.4) is 0 Å². The van der Waals surface area contributed by atoms with Crippen LogP contribution in [-0.2, 0) is 14.7 Å². The summed E-state index contributed by atoms with van der Waals surface area (Å²) in [6.45, 7) is 3.24. The van der Waals surface area contributed by atoms with Crippen LogP contribution >= 0.6 is 0 Å². The Morgan fingerprint density at radius 2 is 1.95 bits per heavy atom. The van der Waals surface area contributed by atoms with Crippen molar-refractivity contribution in [2.24, 2.45) is 0 Å². The Morgan fingerprint density at radius 3 is 2.37 bits per heavy atom. The summed E-state index contributed by atoms with van der Waals surface area (Å²) in [5, 5.41) is 25.3. The van der Waals surface area contributed by atoms with Crippen LogP contribution in [0.2, 0.25) is 0 Å². The topological polar surface area (TPSA) is 80.6 Å². The Labute approximate surface area is 111 Å². The molecule has 1 radical (unpaired) electrons. The Bertz CT molecular complexity index is 497. The normalized spacial score (nSPS) is 21.9. The zero-order chi connectivity index (χ0) is 14.3. The van der Waals surface area contributed by atoms with Crippen molar-refractivity contribution in [1.82, 2.24) is 10.0 Å². The first-order valence-corrected chi connectivity index (χ1v) is 5.75. The molecule has 0 fully saturated rings. The third kappa shape index (κ3) is 1.74. The molecule has 0 aliphatic carbocycles. The molecular weight excluding hydrogens is 250 g/mol. The fourth-order valence-corrected chi connectivity index (χ4v) is 2.26. The van der Waals surface area contributed by atoms with Gasteiger partial charge in [0, 0.05) is 20.4 Å². The van der Waals surface area contributed by atoms with Crippen LogP contribution in [0, 0.1) is 5.21 Å². The predicted octanol–water partition coefficient (Wildman–Crippen LogP) is 0.725. The number of aromatic nitrogens is 1. The van der Waals surface area contributed by atoms with Crippen LogP contribution in [0.4, 0.5) is 0 Å². The summed E-state index contributed by atoms with van der Waals surface area (Å²) in [5.41, 5.74) is -0.506. The molecule has 103 valence electrons. The van der Waals surface area contributed by atoms with Gasteiger partial charge in [-0.2, -0.15) is 0 Å². The Hall–Kier alpha value is -1.54. The number of rotatable bonds is 3. The van der Waals surface area contributed by atoms with Crippen LogP contribution in [0.5, 0.6) is 0 Å². The smallest absolute Gasteiger partial charge is 0.495 e. The number of hydrogen-bond donors (Lipinski definition) is 0. The second-order valence-electron chi connectivity index (χ2n) is 4.67. The number of methoxy groups -OCH3 is 2. The zero-order valence-corrected chi connectivity index (χ0v) is 11.3. The third-order valence-corrected chi connectivity index (χ3v) is 3.24. The summed E-state index contributed by atoms with van der Waals surface area (Å²) in [6.07, 6.45) is 1.56. The Balaban J connectivity index is 2.66. The molecule has 1 aromatic heterocycles. The SMILES string of the molecule is COC1(OC)N([O])C(C)(C)C(c2ccccn2)=[N+]1[O-]. The van der Waals surface area contributed by atoms with Gasteiger partial charge in [-0.3, -0.25) is 14.5 Å². The predicted molar refractivity (Wildman–Crippen MR) is 65.3 cm³/mol. The van der Waals surface area contributed by atoms with Crippen molar-refractivity contribution in [3.8, 4) is 0 Å². The van der Waals surface area contributed by atoms with E-state index in [9.17, 15) is 10.4 Å². The minimum Gasteiger partial charge on any atom is -0.618 e. The monoisotopic (exact) mass is 266 g/mol. The van der Waals surface area contributed by atoms with Gasteiger partial charge in [0.05, 0.1) is 0 Å². The molecule has 19 heavy (non-hydrogen) atoms. The fraction of sp³-hybridized carbons (Fsp3) is 0.500. The highest BCUT2D eigenvalue weighted by molar-refractivity contribution is 6.02. The maximum atomic E-state index is 12.5. The molecule has 0 bridgehead atoms. The lowest BCUT2D eigenvalue weighted by atomic mass is 9.96. The minimum absolute atomic E-state index is 0.201. The van der Waals surface area contributed by atoms with Crippen molar-refractivity contribution in [2.75, 3.05) is 14.2 Å². The van der Waals surface area contributed by atoms with Gasteiger partial charge in [-0.05, 0) is 31.0 Å². The number of pyridine rings is 1. The van der Waals surface area contributed by atoms with Crippen molar-refractivity contribution in [1.29, 1.82) is 0 Å². The van der Waals surface area contributed by atoms with Crippen molar-refractivity contribution >= 4 is 5.71 Å². The van der Waals surface area contributed by atoms with Crippen molar-refractivity contribution in [2.45, 2.75) is 25.4 Å². The molecule has 7 nitrogen and oxygen atoms in total. The van der Waals surface area contributed by atoms with E-state index < -0.39 is 11.6 Å². The highest BCUT2D eigenvalue weighted by Gasteiger charge is 2.66. The van der Waals surface area contributed by atoms with E-state index in [1.165, 1.54) is 14.2 Å². The van der Waals surface area contributed by atoms with Crippen molar-refractivity contribution in [3.05, 3.63) is 35.3 Å². The van der Waals surface area contributed by atoms with Gasteiger partial charge >= 0.3 is 6.03 Å². The molecule has 0 saturated heterocycles. The molecule has 1 aliphatic heterocycles. The average Bonchev–Trinajstić information content (AvgIpc) is 2.56. The number of hydrogen-bond acceptors (Lipinski definition) is 5. The lowest BCUT2D eigenvalue weighted by molar-refractivity contribution is -0.722. The van der Waals surface area contributed by atoms with Gasteiger partial charge in [-0.15, -0.1) is 9.95 Å². The second kappa shape index (κ2) is 4.53. The third-order valence-electron chi connectivity index (χ3n) is 3.24. The molecule has 2 heterocycles. The van der Waals surface area contributed by atoms with E-state index in [-0.39, 0.29) is 5.71 Å². The van der Waals surface area contributed by atoms with Gasteiger partial charge in [0.15, 0.2) is 0 Å². The van der Waals surface area contributed by atoms with E-state index in [4.69, 9.17) is 9.47 Å². The van der Waals surface area contributed by atoms with Gasteiger partial charge in [-0.25, -0.2) is 0 Å². The van der Waals surface area contributed by atoms with Gasteiger partial charge in [-0.1, -0.05) is 6.07 Å². The summed E-state index contributed by atoms with van der Waals surface area (Å²) in [7, 11) is 2.49. The van der Waals surface area contributed by atoms with E-state index in [0.29, 0.717) is 15.5 Å². The first-order chi connectivity index (χ1) is 8.91. The highest BCUT2D eigenvalue weighted by atomic mass is 16.8. The highest BCUT2D eigenvalue weighted by Crippen LogP contribution is 2.35. The number of ether oxygens (including phenoxy) is 2. The maximum Gasteiger partial charge on any atom is 0.495 e. The first-order valence-electron chi connectivity index (χ1n) is 5.75. The molecule has 0 atom stereocenters. The van der Waals surface area contributed by atoms with E-state index in [0.717, 1.165) is 0 Å². The van der Waals surface area contributed by atoms with Gasteiger partial charge < -0.3 is 5.21 Å².